The molecule has 5 aliphatic rings. The van der Waals surface area contributed by atoms with E-state index in [4.69, 9.17) is 23.7 Å². The second kappa shape index (κ2) is 64.8. The number of carbonyl (C=O) groups is 8. The number of esters is 1. The molecule has 0 aliphatic carbocycles. The number of Topliss-reactive ketones (excluding diaryl/α,β-unsaturated/α-hetero) is 4. The van der Waals surface area contributed by atoms with Crippen LogP contribution in [0, 0.1) is 18.8 Å². The van der Waals surface area contributed by atoms with Crippen LogP contribution >= 0.6 is 136 Å². The fraction of sp³-hybridized carbons (Fsp3) is 0.307. The maximum atomic E-state index is 13.2. The second-order valence-electron chi connectivity index (χ2n) is 35.4. The number of piperidine rings is 4. The number of hydrogen-bond acceptors (Lipinski definition) is 24. The standard InChI is InChI=1S/C26H24BrN3O2S.C26H25BrN2O4S.C19H21N3S.C15H18BrNO3.C11H8BrNOS.C7H8O2S.C6H6BrN.C4H8O.Al.Li.H/c27-24-15-20(8-11-28-24)21-16-22(29-25(21)23-7-4-14-33-23)19-9-12-30(13-10-19)26(31)32-17-18-5-2-1-3-6-18;27-24-15-20(8-11-28-24)21(25(31)23-7-4-14-34-23)16-22(30)19-9-12-29(13-10-19)26(32)33-17-18-5-2-1-3-6-18;1-22-10-6-15(7-11-22)17-13-16(14-4-8-20-9-5-14)19(21-17)18-3-2-12-23-18;16-10-14(18)13-6-8-17(9-7-13)15(19)20-11-12-4-2-1-3-5-12;12-11-6-8(1-3-13-11)5-10(14)9-2-4-15-7-9;1-2-9-7(8)6-3-4-10-5-6;1-5-2-3-8-6(7)4-5;1-2-4-5-3-1;;;/h1-8,11,14-16,19,29H,9-10,12-13,17H2;1-8,11,14-15,19,21H,9-10,12-13,16-17H2;2-5,8-9,12-13,15,21H,6-7,10-11H2,1H3;1-5,13H,6-11H2;1-4,6-7H,5H2;3-5H,2H2,1H3;2-4H,1H3;1-4H2;;;/q;;;;;;;;;+1;-1. The van der Waals surface area contributed by atoms with Crippen molar-refractivity contribution in [3.05, 3.63) is 366 Å². The summed E-state index contributed by atoms with van der Waals surface area (Å²) in [5.74, 6) is 0.499. The van der Waals surface area contributed by atoms with E-state index < -0.39 is 5.92 Å². The summed E-state index contributed by atoms with van der Waals surface area (Å²) < 4.78 is 29.0. The third kappa shape index (κ3) is 38.8. The number of ether oxygens (including phenoxy) is 5. The molecule has 3 amide bonds. The second-order valence-corrected chi connectivity index (χ2v) is 43.7. The molecule has 17 heterocycles. The van der Waals surface area contributed by atoms with E-state index in [9.17, 15) is 38.4 Å². The first-order chi connectivity index (χ1) is 72.1. The van der Waals surface area contributed by atoms with Gasteiger partial charge >= 0.3 is 43.1 Å². The predicted octanol–water partition coefficient (Wildman–Crippen LogP) is 25.5. The number of likely N-dealkylation sites (tertiary alicyclic amines) is 4. The van der Waals surface area contributed by atoms with Crippen LogP contribution in [0.5, 0.6) is 0 Å². The molecule has 5 fully saturated rings. The summed E-state index contributed by atoms with van der Waals surface area (Å²) in [6.07, 6.45) is 19.8. The zero-order chi connectivity index (χ0) is 104. The normalized spacial score (nSPS) is 14.2. The molecule has 36 heteroatoms. The van der Waals surface area contributed by atoms with Gasteiger partial charge in [0, 0.05) is 182 Å². The van der Waals surface area contributed by atoms with Crippen molar-refractivity contribution in [2.24, 2.45) is 11.8 Å². The van der Waals surface area contributed by atoms with Gasteiger partial charge in [0.1, 0.15) is 49.8 Å². The number of hydrogen-bond donors (Lipinski definition) is 2. The summed E-state index contributed by atoms with van der Waals surface area (Å²) in [5, 5.41) is 13.9. The van der Waals surface area contributed by atoms with Gasteiger partial charge in [0.05, 0.1) is 49.4 Å². The number of ketones is 4. The molecular formula is C114H119AlBr5LiN11O13S5. The largest absolute Gasteiger partial charge is 1.00 e. The number of aryl methyl sites for hydroxylation is 1. The van der Waals surface area contributed by atoms with Gasteiger partial charge in [0.2, 0.25) is 0 Å². The molecule has 20 rings (SSSR count). The predicted molar refractivity (Wildman–Crippen MR) is 614 cm³/mol. The maximum absolute atomic E-state index is 13.2. The van der Waals surface area contributed by atoms with Crippen molar-refractivity contribution in [1.82, 2.24) is 54.5 Å². The monoisotopic (exact) mass is 2440 g/mol. The summed E-state index contributed by atoms with van der Waals surface area (Å²) in [5.41, 5.74) is 17.2. The number of alkyl halides is 1. The Labute approximate surface area is 963 Å². The first-order valence-electron chi connectivity index (χ1n) is 49.0. The number of halogens is 5. The van der Waals surface area contributed by atoms with Gasteiger partial charge in [-0.15, -0.1) is 34.0 Å². The SMILES string of the molecule is C1CCOC1.CCOC(=O)c1ccsc1.CN1CCC(c2cc(-c3ccncc3)c(-c3cccs3)[nH]2)CC1.Cc1ccnc(Br)c1.O=C(CBr)C1CCN(C(=O)OCc2ccccc2)CC1.O=C(CC(C(=O)c1cccs1)c1ccnc(Br)c1)C1CCN(C(=O)OCc2ccccc2)CC1.O=C(Cc1ccnc(Br)c1)c1ccsc1.O=C(OCc1ccccc1)N1CCC(c2cc(-c3ccnc(Br)c3)c(-c3cccs3)[nH]2)CC1.[Al].[H-].[Li+]. The summed E-state index contributed by atoms with van der Waals surface area (Å²) in [6, 6.07) is 68.9. The Morgan fingerprint density at radius 1 is 0.453 bits per heavy atom. The van der Waals surface area contributed by atoms with E-state index in [1.807, 2.05) is 185 Å². The first-order valence-corrected chi connectivity index (χ1v) is 57.8. The third-order valence-corrected chi connectivity index (χ3v) is 31.4. The minimum Gasteiger partial charge on any atom is -1.00 e. The molecule has 3 radical (unpaired) electrons. The summed E-state index contributed by atoms with van der Waals surface area (Å²) >= 11 is 24.5. The van der Waals surface area contributed by atoms with Crippen molar-refractivity contribution in [1.29, 1.82) is 0 Å². The summed E-state index contributed by atoms with van der Waals surface area (Å²) in [4.78, 5) is 136. The number of nitrogens with one attached hydrogen (secondary N) is 2. The molecule has 1 unspecified atom stereocenters. The van der Waals surface area contributed by atoms with Crippen LogP contribution in [0.3, 0.4) is 0 Å². The van der Waals surface area contributed by atoms with E-state index in [1.165, 1.54) is 122 Å². The van der Waals surface area contributed by atoms with Gasteiger partial charge in [-0.1, -0.05) is 125 Å². The summed E-state index contributed by atoms with van der Waals surface area (Å²) in [6.45, 7) is 13.0. The Hall–Kier alpha value is -10.1. The molecule has 0 spiro atoms. The van der Waals surface area contributed by atoms with Crippen LogP contribution in [0.1, 0.15) is 172 Å². The van der Waals surface area contributed by atoms with Gasteiger partial charge in [-0.3, -0.25) is 24.2 Å². The zero-order valence-electron chi connectivity index (χ0n) is 85.0. The fourth-order valence-corrected chi connectivity index (χ4v) is 22.6. The van der Waals surface area contributed by atoms with Crippen molar-refractivity contribution in [2.45, 2.75) is 128 Å². The fourth-order valence-electron chi connectivity index (χ4n) is 17.0. The topological polar surface area (TPSA) is 292 Å². The van der Waals surface area contributed by atoms with E-state index >= 15 is 0 Å². The van der Waals surface area contributed by atoms with Crippen molar-refractivity contribution in [3.63, 3.8) is 0 Å². The molecule has 0 bridgehead atoms. The molecule has 3 aromatic carbocycles. The number of pyridine rings is 5. The molecule has 5 aliphatic heterocycles. The number of amides is 3. The van der Waals surface area contributed by atoms with Crippen LogP contribution < -0.4 is 18.9 Å². The van der Waals surface area contributed by atoms with Crippen LogP contribution in [0.2, 0.25) is 0 Å². The molecule has 24 nitrogen and oxygen atoms in total. The number of rotatable bonds is 25. The van der Waals surface area contributed by atoms with Crippen LogP contribution in [0.4, 0.5) is 14.4 Å². The van der Waals surface area contributed by atoms with Crippen LogP contribution in [-0.4, -0.2) is 204 Å². The molecule has 5 saturated heterocycles. The molecule has 777 valence electrons. The molecular weight excluding hydrogens is 2330 g/mol. The minimum absolute atomic E-state index is 0. The van der Waals surface area contributed by atoms with Crippen LogP contribution in [0.15, 0.2) is 306 Å². The number of nitrogens with zero attached hydrogens (tertiary/aromatic N) is 9. The maximum Gasteiger partial charge on any atom is 1.00 e. The number of aromatic amines is 2. The van der Waals surface area contributed by atoms with E-state index in [2.05, 4.69) is 192 Å². The van der Waals surface area contributed by atoms with E-state index in [0.717, 1.165) is 97.3 Å². The Bertz CT molecular complexity index is 6560. The molecule has 150 heavy (non-hydrogen) atoms. The minimum atomic E-state index is -0.556. The van der Waals surface area contributed by atoms with Crippen molar-refractivity contribution < 1.29 is 82.3 Å². The molecule has 15 aromatic rings. The van der Waals surface area contributed by atoms with Gasteiger partial charge in [-0.05, 0) is 336 Å². The number of benzene rings is 3. The third-order valence-electron chi connectivity index (χ3n) is 25.1. The molecule has 2 N–H and O–H groups in total. The summed E-state index contributed by atoms with van der Waals surface area (Å²) in [7, 11) is 2.21. The van der Waals surface area contributed by atoms with Gasteiger partial charge in [0.25, 0.3) is 0 Å². The van der Waals surface area contributed by atoms with Gasteiger partial charge < -0.3 is 54.7 Å². The van der Waals surface area contributed by atoms with Crippen molar-refractivity contribution >= 4 is 201 Å². The number of thiophene rings is 5. The van der Waals surface area contributed by atoms with E-state index in [1.54, 1.807) is 87.6 Å². The number of aromatic nitrogens is 7. The van der Waals surface area contributed by atoms with E-state index in [-0.39, 0.29) is 110 Å². The Kier molecular flexibility index (Phi) is 51.9. The van der Waals surface area contributed by atoms with Crippen molar-refractivity contribution in [3.8, 4) is 43.4 Å². The molecule has 0 saturated carbocycles. The number of H-pyrrole nitrogens is 2. The number of carbonyl (C=O) groups excluding carboxylic acids is 8. The first kappa shape index (κ1) is 120. The van der Waals surface area contributed by atoms with Crippen LogP contribution in [-0.2, 0) is 59.5 Å². The average molecular weight is 2450 g/mol. The van der Waals surface area contributed by atoms with Gasteiger partial charge in [-0.2, -0.15) is 22.7 Å². The van der Waals surface area contributed by atoms with Crippen molar-refractivity contribution in [2.75, 3.05) is 84.6 Å². The van der Waals surface area contributed by atoms with Gasteiger partial charge in [-0.25, -0.2) is 39.1 Å². The molecule has 12 aromatic heterocycles. The van der Waals surface area contributed by atoms with Crippen LogP contribution in [0.25, 0.3) is 43.4 Å². The Balaban J connectivity index is 0.000000185. The molecule has 1 atom stereocenters. The Morgan fingerprint density at radius 2 is 0.893 bits per heavy atom. The quantitative estimate of drug-likeness (QED) is 0.0134. The zero-order valence-corrected chi connectivity index (χ0v) is 97.2. The Morgan fingerprint density at radius 3 is 1.32 bits per heavy atom. The van der Waals surface area contributed by atoms with Gasteiger partial charge in [0.15, 0.2) is 11.6 Å². The average Bonchev–Trinajstić information content (AvgIpc) is 1.65. The van der Waals surface area contributed by atoms with E-state index in [0.29, 0.717) is 111 Å². The smallest absolute Gasteiger partial charge is 1.00 e.